The topological polar surface area (TPSA) is 56.4 Å². The maximum Gasteiger partial charge on any atom is 0.407 e. The number of rotatable bonds is 10. The lowest BCUT2D eigenvalue weighted by atomic mass is 9.79. The van der Waals surface area contributed by atoms with Crippen LogP contribution in [-0.4, -0.2) is 44.3 Å². The number of carbonyl (C=O) groups excluding carboxylic acids is 1. The molecule has 3 rings (SSSR count). The monoisotopic (exact) mass is 490 g/mol. The van der Waals surface area contributed by atoms with Gasteiger partial charge in [-0.15, -0.1) is 0 Å². The predicted octanol–water partition coefficient (Wildman–Crippen LogP) is 5.66. The molecule has 1 unspecified atom stereocenters. The van der Waals surface area contributed by atoms with E-state index in [1.807, 2.05) is 50.2 Å². The van der Waals surface area contributed by atoms with Crippen molar-refractivity contribution in [2.24, 2.45) is 0 Å². The molecule has 35 heavy (non-hydrogen) atoms. The van der Waals surface area contributed by atoms with Crippen LogP contribution in [0.2, 0.25) is 0 Å². The third-order valence-electron chi connectivity index (χ3n) is 6.79. The predicted molar refractivity (Wildman–Crippen MR) is 136 cm³/mol. The van der Waals surface area contributed by atoms with Crippen molar-refractivity contribution >= 4 is 17.3 Å². The highest BCUT2D eigenvalue weighted by atomic mass is 19.4. The molecule has 0 radical (unpaired) electrons. The first-order valence-corrected chi connectivity index (χ1v) is 12.4. The van der Waals surface area contributed by atoms with Gasteiger partial charge in [0, 0.05) is 38.1 Å². The fraction of sp³-hybridized carbons (Fsp3) is 0.519. The van der Waals surface area contributed by atoms with E-state index in [9.17, 15) is 18.0 Å². The lowest BCUT2D eigenvalue weighted by Gasteiger charge is -2.41. The van der Waals surface area contributed by atoms with Crippen molar-refractivity contribution in [2.75, 3.05) is 30.9 Å². The summed E-state index contributed by atoms with van der Waals surface area (Å²) in [7, 11) is 3.95. The summed E-state index contributed by atoms with van der Waals surface area (Å²) in [5.41, 5.74) is 0.871. The molecule has 8 heteroatoms. The van der Waals surface area contributed by atoms with Crippen molar-refractivity contribution in [2.45, 2.75) is 69.2 Å². The molecule has 2 aromatic rings. The summed E-state index contributed by atoms with van der Waals surface area (Å²) < 4.78 is 42.3. The first-order valence-electron chi connectivity index (χ1n) is 12.4. The first-order chi connectivity index (χ1) is 16.6. The summed E-state index contributed by atoms with van der Waals surface area (Å²) in [6.07, 6.45) is -0.745. The van der Waals surface area contributed by atoms with Crippen molar-refractivity contribution in [1.29, 1.82) is 0 Å². The van der Waals surface area contributed by atoms with Crippen molar-refractivity contribution in [1.82, 2.24) is 10.6 Å². The number of carbonyl (C=O) groups is 1. The van der Waals surface area contributed by atoms with Crippen LogP contribution in [0.3, 0.4) is 0 Å². The third-order valence-corrected chi connectivity index (χ3v) is 6.79. The summed E-state index contributed by atoms with van der Waals surface area (Å²) >= 11 is 0. The van der Waals surface area contributed by atoms with E-state index < -0.39 is 17.8 Å². The molecule has 0 spiro atoms. The second-order valence-electron chi connectivity index (χ2n) is 9.57. The molecule has 2 aromatic carbocycles. The Bertz CT molecular complexity index is 926. The van der Waals surface area contributed by atoms with Crippen LogP contribution >= 0.6 is 0 Å². The SMILES string of the molecule is CC[C@@H](CNc1ccc(N(C)C)cc1)NC(=O)C1(NC(c2ccccc2)C(F)(F)F)CCCCC1. The number of halogens is 3. The summed E-state index contributed by atoms with van der Waals surface area (Å²) in [4.78, 5) is 15.6. The fourth-order valence-electron chi connectivity index (χ4n) is 4.61. The second kappa shape index (κ2) is 11.8. The number of hydrogen-bond acceptors (Lipinski definition) is 4. The van der Waals surface area contributed by atoms with E-state index in [1.165, 1.54) is 12.1 Å². The van der Waals surface area contributed by atoms with Crippen molar-refractivity contribution < 1.29 is 18.0 Å². The molecule has 192 valence electrons. The number of nitrogens with zero attached hydrogens (tertiary/aromatic N) is 1. The van der Waals surface area contributed by atoms with Gasteiger partial charge in [-0.05, 0) is 49.1 Å². The van der Waals surface area contributed by atoms with Gasteiger partial charge in [-0.3, -0.25) is 10.1 Å². The standard InChI is InChI=1S/C27H37F3N4O/c1-4-21(19-31-22-13-15-23(16-14-22)34(2)3)32-25(35)26(17-9-6-10-18-26)33-24(27(28,29)30)20-11-7-5-8-12-20/h5,7-8,11-16,21,24,31,33H,4,6,9-10,17-19H2,1-3H3,(H,32,35)/t21-,24?/m0/s1. The van der Waals surface area contributed by atoms with Gasteiger partial charge in [0.25, 0.3) is 0 Å². The molecule has 0 aliphatic heterocycles. The number of amides is 1. The van der Waals surface area contributed by atoms with Gasteiger partial charge in [0.2, 0.25) is 5.91 Å². The van der Waals surface area contributed by atoms with E-state index in [0.29, 0.717) is 38.6 Å². The normalized spacial score (nSPS) is 17.3. The zero-order valence-corrected chi connectivity index (χ0v) is 20.8. The highest BCUT2D eigenvalue weighted by Gasteiger charge is 2.49. The third kappa shape index (κ3) is 7.13. The minimum atomic E-state index is -4.52. The van der Waals surface area contributed by atoms with E-state index in [0.717, 1.165) is 17.8 Å². The zero-order valence-electron chi connectivity index (χ0n) is 20.8. The van der Waals surface area contributed by atoms with Crippen LogP contribution in [-0.2, 0) is 4.79 Å². The summed E-state index contributed by atoms with van der Waals surface area (Å²) in [5.74, 6) is -0.348. The molecule has 3 N–H and O–H groups in total. The molecule has 0 saturated heterocycles. The Morgan fingerprint density at radius 1 is 1.00 bits per heavy atom. The Morgan fingerprint density at radius 2 is 1.63 bits per heavy atom. The van der Waals surface area contributed by atoms with Crippen LogP contribution in [0, 0.1) is 0 Å². The van der Waals surface area contributed by atoms with Crippen molar-refractivity contribution in [3.8, 4) is 0 Å². The summed E-state index contributed by atoms with van der Waals surface area (Å²) in [6.45, 7) is 2.45. The van der Waals surface area contributed by atoms with E-state index >= 15 is 0 Å². The van der Waals surface area contributed by atoms with E-state index in [-0.39, 0.29) is 17.5 Å². The largest absolute Gasteiger partial charge is 0.407 e. The maximum atomic E-state index is 14.1. The van der Waals surface area contributed by atoms with E-state index in [1.54, 1.807) is 18.2 Å². The fourth-order valence-corrected chi connectivity index (χ4v) is 4.61. The molecule has 0 heterocycles. The van der Waals surface area contributed by atoms with Gasteiger partial charge in [0.15, 0.2) is 0 Å². The maximum absolute atomic E-state index is 14.1. The Balaban J connectivity index is 1.73. The van der Waals surface area contributed by atoms with E-state index in [2.05, 4.69) is 16.0 Å². The second-order valence-corrected chi connectivity index (χ2v) is 9.57. The van der Waals surface area contributed by atoms with Gasteiger partial charge < -0.3 is 15.5 Å². The van der Waals surface area contributed by atoms with Gasteiger partial charge in [0.05, 0.1) is 5.54 Å². The molecule has 5 nitrogen and oxygen atoms in total. The van der Waals surface area contributed by atoms with Crippen LogP contribution in [0.4, 0.5) is 24.5 Å². The average Bonchev–Trinajstić information content (AvgIpc) is 2.85. The van der Waals surface area contributed by atoms with Gasteiger partial charge in [0.1, 0.15) is 6.04 Å². The van der Waals surface area contributed by atoms with Gasteiger partial charge in [-0.25, -0.2) is 0 Å². The smallest absolute Gasteiger partial charge is 0.383 e. The number of anilines is 2. The van der Waals surface area contributed by atoms with Crippen LogP contribution in [0.1, 0.15) is 57.1 Å². The molecule has 1 aliphatic rings. The first kappa shape index (κ1) is 26.9. The van der Waals surface area contributed by atoms with Gasteiger partial charge in [-0.1, -0.05) is 56.5 Å². The molecule has 0 bridgehead atoms. The number of benzene rings is 2. The highest BCUT2D eigenvalue weighted by Crippen LogP contribution is 2.38. The number of hydrogen-bond donors (Lipinski definition) is 3. The molecule has 1 aliphatic carbocycles. The summed E-state index contributed by atoms with van der Waals surface area (Å²) in [6, 6.07) is 13.6. The van der Waals surface area contributed by atoms with Crippen LogP contribution in [0.15, 0.2) is 54.6 Å². The van der Waals surface area contributed by atoms with Crippen molar-refractivity contribution in [3.05, 3.63) is 60.2 Å². The molecular weight excluding hydrogens is 453 g/mol. The van der Waals surface area contributed by atoms with Crippen LogP contribution in [0.5, 0.6) is 0 Å². The minimum Gasteiger partial charge on any atom is -0.383 e. The molecule has 1 fully saturated rings. The van der Waals surface area contributed by atoms with E-state index in [4.69, 9.17) is 0 Å². The van der Waals surface area contributed by atoms with Gasteiger partial charge >= 0.3 is 6.18 Å². The van der Waals surface area contributed by atoms with Crippen LogP contribution in [0.25, 0.3) is 0 Å². The highest BCUT2D eigenvalue weighted by molar-refractivity contribution is 5.87. The quantitative estimate of drug-likeness (QED) is 0.403. The Morgan fingerprint density at radius 3 is 2.17 bits per heavy atom. The Labute approximate surface area is 206 Å². The van der Waals surface area contributed by atoms with Crippen LogP contribution < -0.4 is 20.9 Å². The molecule has 0 aromatic heterocycles. The molecule has 1 amide bonds. The van der Waals surface area contributed by atoms with Gasteiger partial charge in [-0.2, -0.15) is 13.2 Å². The number of nitrogens with one attached hydrogen (secondary N) is 3. The number of alkyl halides is 3. The Hall–Kier alpha value is -2.74. The lowest BCUT2D eigenvalue weighted by molar-refractivity contribution is -0.166. The van der Waals surface area contributed by atoms with Crippen molar-refractivity contribution in [3.63, 3.8) is 0 Å². The molecular formula is C27H37F3N4O. The average molecular weight is 491 g/mol. The lowest BCUT2D eigenvalue weighted by Crippen LogP contribution is -2.62. The zero-order chi connectivity index (χ0) is 25.5. The summed E-state index contributed by atoms with van der Waals surface area (Å²) in [5, 5.41) is 9.17. The molecule has 2 atom stereocenters. The molecule has 1 saturated carbocycles. The minimum absolute atomic E-state index is 0.118. The Kier molecular flexibility index (Phi) is 9.05.